The second-order valence-corrected chi connectivity index (χ2v) is 11.4. The number of esters is 1. The summed E-state index contributed by atoms with van der Waals surface area (Å²) < 4.78 is 32.0. The van der Waals surface area contributed by atoms with Gasteiger partial charge in [-0.1, -0.05) is 55.3 Å². The number of hydrogen-bond acceptors (Lipinski definition) is 6. The van der Waals surface area contributed by atoms with Gasteiger partial charge in [0.15, 0.2) is 0 Å². The van der Waals surface area contributed by atoms with Crippen LogP contribution in [0.25, 0.3) is 0 Å². The summed E-state index contributed by atoms with van der Waals surface area (Å²) in [5.41, 5.74) is 2.64. The van der Waals surface area contributed by atoms with Gasteiger partial charge in [-0.25, -0.2) is 13.2 Å². The third-order valence-corrected chi connectivity index (χ3v) is 8.10. The lowest BCUT2D eigenvalue weighted by Gasteiger charge is -2.18. The Hall–Kier alpha value is -2.71. The number of ether oxygens (including phenoxy) is 1. The van der Waals surface area contributed by atoms with E-state index >= 15 is 0 Å². The van der Waals surface area contributed by atoms with E-state index in [1.54, 1.807) is 61.5 Å². The van der Waals surface area contributed by atoms with Crippen LogP contribution in [-0.4, -0.2) is 38.7 Å². The number of aryl methyl sites for hydroxylation is 1. The van der Waals surface area contributed by atoms with E-state index in [1.807, 2.05) is 19.9 Å². The Labute approximate surface area is 224 Å². The van der Waals surface area contributed by atoms with Gasteiger partial charge in [-0.3, -0.25) is 0 Å². The van der Waals surface area contributed by atoms with Gasteiger partial charge in [0, 0.05) is 17.6 Å². The maximum atomic E-state index is 13.4. The van der Waals surface area contributed by atoms with E-state index in [0.717, 1.165) is 29.5 Å². The standard InChI is InChI=1S/C29H34ClNO5S/c1-4-7-21-12-15-28(26(17-21)29(33)36-5-2)37(34,35)25-13-10-22(11-14-25)16-20(3)31-19-27(32)23-8-6-9-24(30)18-23/h6,8-15,17-18,20,27,31-32H,4-5,7,16,19H2,1-3H3/t20-,27+/m1/s1. The molecule has 0 saturated carbocycles. The van der Waals surface area contributed by atoms with Crippen molar-refractivity contribution in [3.8, 4) is 0 Å². The summed E-state index contributed by atoms with van der Waals surface area (Å²) in [5, 5.41) is 14.3. The smallest absolute Gasteiger partial charge is 0.339 e. The van der Waals surface area contributed by atoms with Gasteiger partial charge in [0.25, 0.3) is 0 Å². The molecule has 0 heterocycles. The summed E-state index contributed by atoms with van der Waals surface area (Å²) >= 11 is 6.00. The maximum Gasteiger partial charge on any atom is 0.339 e. The molecule has 0 aliphatic rings. The number of benzene rings is 3. The molecule has 8 heteroatoms. The zero-order valence-corrected chi connectivity index (χ0v) is 23.0. The lowest BCUT2D eigenvalue weighted by atomic mass is 10.1. The summed E-state index contributed by atoms with van der Waals surface area (Å²) in [7, 11) is -3.93. The first-order valence-corrected chi connectivity index (χ1v) is 14.3. The molecule has 2 atom stereocenters. The lowest BCUT2D eigenvalue weighted by Crippen LogP contribution is -2.32. The predicted octanol–water partition coefficient (Wildman–Crippen LogP) is 5.56. The molecule has 0 bridgehead atoms. The average molecular weight is 544 g/mol. The molecule has 3 aromatic carbocycles. The molecule has 0 radical (unpaired) electrons. The van der Waals surface area contributed by atoms with Crippen molar-refractivity contribution < 1.29 is 23.1 Å². The maximum absolute atomic E-state index is 13.4. The van der Waals surface area contributed by atoms with Crippen LogP contribution < -0.4 is 5.32 Å². The number of aliphatic hydroxyl groups is 1. The van der Waals surface area contributed by atoms with Gasteiger partial charge in [0.2, 0.25) is 9.84 Å². The molecule has 3 aromatic rings. The van der Waals surface area contributed by atoms with E-state index in [9.17, 15) is 18.3 Å². The lowest BCUT2D eigenvalue weighted by molar-refractivity contribution is 0.0521. The normalized spacial score (nSPS) is 13.2. The fraction of sp³-hybridized carbons (Fsp3) is 0.345. The minimum absolute atomic E-state index is 0.0396. The predicted molar refractivity (Wildman–Crippen MR) is 146 cm³/mol. The van der Waals surface area contributed by atoms with Crippen LogP contribution in [0.4, 0.5) is 0 Å². The number of rotatable bonds is 12. The summed E-state index contributed by atoms with van der Waals surface area (Å²) in [6.45, 7) is 6.23. The SMILES string of the molecule is CCCc1ccc(S(=O)(=O)c2ccc(C[C@@H](C)NC[C@H](O)c3cccc(Cl)c3)cc2)c(C(=O)OCC)c1. The van der Waals surface area contributed by atoms with E-state index < -0.39 is 21.9 Å². The van der Waals surface area contributed by atoms with Crippen LogP contribution in [0.5, 0.6) is 0 Å². The van der Waals surface area contributed by atoms with Gasteiger partial charge in [0.1, 0.15) is 0 Å². The highest BCUT2D eigenvalue weighted by Gasteiger charge is 2.26. The molecular formula is C29H34ClNO5S. The van der Waals surface area contributed by atoms with Crippen LogP contribution in [0, 0.1) is 0 Å². The highest BCUT2D eigenvalue weighted by atomic mass is 35.5. The Balaban J connectivity index is 1.71. The van der Waals surface area contributed by atoms with Crippen molar-refractivity contribution in [1.29, 1.82) is 0 Å². The molecule has 0 aliphatic heterocycles. The molecule has 0 aliphatic carbocycles. The molecule has 2 N–H and O–H groups in total. The molecule has 0 spiro atoms. The Morgan fingerprint density at radius 3 is 2.38 bits per heavy atom. The molecule has 0 unspecified atom stereocenters. The summed E-state index contributed by atoms with van der Waals surface area (Å²) in [6, 6.07) is 18.7. The second-order valence-electron chi connectivity index (χ2n) is 9.03. The van der Waals surface area contributed by atoms with Crippen molar-refractivity contribution in [2.75, 3.05) is 13.2 Å². The van der Waals surface area contributed by atoms with Gasteiger partial charge in [-0.05, 0) is 79.8 Å². The number of sulfone groups is 1. The highest BCUT2D eigenvalue weighted by Crippen LogP contribution is 2.27. The fourth-order valence-electron chi connectivity index (χ4n) is 4.13. The molecule has 0 amide bonds. The van der Waals surface area contributed by atoms with Crippen LogP contribution in [-0.2, 0) is 27.4 Å². The zero-order valence-electron chi connectivity index (χ0n) is 21.4. The van der Waals surface area contributed by atoms with Crippen molar-refractivity contribution in [3.05, 3.63) is 94.0 Å². The van der Waals surface area contributed by atoms with Gasteiger partial charge in [-0.2, -0.15) is 0 Å². The summed E-state index contributed by atoms with van der Waals surface area (Å²) in [5.74, 6) is -0.643. The van der Waals surface area contributed by atoms with Crippen LogP contribution >= 0.6 is 11.6 Å². The fourth-order valence-corrected chi connectivity index (χ4v) is 5.75. The Kier molecular flexibility index (Phi) is 10.3. The van der Waals surface area contributed by atoms with E-state index in [1.165, 1.54) is 6.07 Å². The van der Waals surface area contributed by atoms with Crippen molar-refractivity contribution in [1.82, 2.24) is 5.32 Å². The van der Waals surface area contributed by atoms with Gasteiger partial charge in [0.05, 0.1) is 28.1 Å². The molecule has 37 heavy (non-hydrogen) atoms. The van der Waals surface area contributed by atoms with Crippen LogP contribution in [0.1, 0.15) is 60.3 Å². The average Bonchev–Trinajstić information content (AvgIpc) is 2.88. The van der Waals surface area contributed by atoms with Crippen LogP contribution in [0.3, 0.4) is 0 Å². The van der Waals surface area contributed by atoms with E-state index in [-0.39, 0.29) is 28.0 Å². The quantitative estimate of drug-likeness (QED) is 0.291. The monoisotopic (exact) mass is 543 g/mol. The number of nitrogens with one attached hydrogen (secondary N) is 1. The van der Waals surface area contributed by atoms with E-state index in [4.69, 9.17) is 16.3 Å². The molecule has 3 rings (SSSR count). The third kappa shape index (κ3) is 7.65. The van der Waals surface area contributed by atoms with Gasteiger partial charge in [-0.15, -0.1) is 0 Å². The first kappa shape index (κ1) is 28.9. The first-order chi connectivity index (χ1) is 17.6. The second kappa shape index (κ2) is 13.2. The minimum atomic E-state index is -3.93. The number of halogens is 1. The summed E-state index contributed by atoms with van der Waals surface area (Å²) in [6.07, 6.45) is 1.57. The number of carbonyl (C=O) groups is 1. The molecular weight excluding hydrogens is 510 g/mol. The van der Waals surface area contributed by atoms with Crippen molar-refractivity contribution in [2.24, 2.45) is 0 Å². The van der Waals surface area contributed by atoms with E-state index in [0.29, 0.717) is 18.0 Å². The Bertz CT molecular complexity index is 1310. The van der Waals surface area contributed by atoms with Gasteiger partial charge >= 0.3 is 5.97 Å². The number of aliphatic hydroxyl groups excluding tert-OH is 1. The highest BCUT2D eigenvalue weighted by molar-refractivity contribution is 7.91. The molecule has 0 aromatic heterocycles. The van der Waals surface area contributed by atoms with Crippen LogP contribution in [0.15, 0.2) is 76.5 Å². The molecule has 198 valence electrons. The minimum Gasteiger partial charge on any atom is -0.462 e. The first-order valence-electron chi connectivity index (χ1n) is 12.5. The Morgan fingerprint density at radius 2 is 1.73 bits per heavy atom. The zero-order chi connectivity index (χ0) is 27.0. The topological polar surface area (TPSA) is 92.7 Å². The number of carbonyl (C=O) groups excluding carboxylic acids is 1. The largest absolute Gasteiger partial charge is 0.462 e. The van der Waals surface area contributed by atoms with Crippen LogP contribution in [0.2, 0.25) is 5.02 Å². The van der Waals surface area contributed by atoms with E-state index in [2.05, 4.69) is 5.32 Å². The summed E-state index contributed by atoms with van der Waals surface area (Å²) in [4.78, 5) is 12.6. The van der Waals surface area contributed by atoms with Crippen molar-refractivity contribution in [3.63, 3.8) is 0 Å². The van der Waals surface area contributed by atoms with Crippen molar-refractivity contribution in [2.45, 2.75) is 62.0 Å². The third-order valence-electron chi connectivity index (χ3n) is 6.04. The molecule has 6 nitrogen and oxygen atoms in total. The molecule has 0 fully saturated rings. The Morgan fingerprint density at radius 1 is 1.03 bits per heavy atom. The van der Waals surface area contributed by atoms with Gasteiger partial charge < -0.3 is 15.2 Å². The number of hydrogen-bond donors (Lipinski definition) is 2. The van der Waals surface area contributed by atoms with Crippen molar-refractivity contribution >= 4 is 27.4 Å². The molecule has 0 saturated heterocycles.